The first-order valence-corrected chi connectivity index (χ1v) is 6.03. The Labute approximate surface area is 110 Å². The molecule has 1 aromatic rings. The van der Waals surface area contributed by atoms with Crippen LogP contribution in [0.4, 0.5) is 0 Å². The van der Waals surface area contributed by atoms with Gasteiger partial charge >= 0.3 is 0 Å². The highest BCUT2D eigenvalue weighted by Crippen LogP contribution is 2.15. The number of nitrogens with one attached hydrogen (secondary N) is 1. The van der Waals surface area contributed by atoms with E-state index in [1.54, 1.807) is 0 Å². The minimum absolute atomic E-state index is 0. The fraction of sp³-hybridized carbons (Fsp3) is 0.538. The van der Waals surface area contributed by atoms with Gasteiger partial charge in [-0.2, -0.15) is 0 Å². The third kappa shape index (κ3) is 4.54. The fourth-order valence-corrected chi connectivity index (χ4v) is 2.03. The van der Waals surface area contributed by atoms with Crippen molar-refractivity contribution in [2.45, 2.75) is 13.5 Å². The van der Waals surface area contributed by atoms with E-state index in [0.717, 1.165) is 45.1 Å². The first-order valence-electron chi connectivity index (χ1n) is 6.03. The summed E-state index contributed by atoms with van der Waals surface area (Å²) in [5.74, 6) is 0.982. The molecule has 0 atom stereocenters. The normalized spacial score (nSPS) is 16.3. The van der Waals surface area contributed by atoms with Gasteiger partial charge in [0.1, 0.15) is 5.75 Å². The van der Waals surface area contributed by atoms with Gasteiger partial charge in [0.05, 0.1) is 6.61 Å². The molecule has 3 nitrogen and oxygen atoms in total. The molecular formula is C13H21ClN2O. The second-order valence-corrected chi connectivity index (χ2v) is 4.11. The standard InChI is InChI=1S/C13H20N2O.ClH/c1-2-16-13-5-3-4-12(10-13)11-15-8-6-14-7-9-15;/h3-5,10,14H,2,6-9,11H2,1H3;1H. The second kappa shape index (κ2) is 7.54. The molecule has 0 bridgehead atoms. The predicted octanol–water partition coefficient (Wildman–Crippen LogP) is 1.91. The van der Waals surface area contributed by atoms with Crippen LogP contribution >= 0.6 is 12.4 Å². The van der Waals surface area contributed by atoms with Crippen LogP contribution in [0.5, 0.6) is 5.75 Å². The van der Waals surface area contributed by atoms with Crippen LogP contribution in [0, 0.1) is 0 Å². The molecule has 0 unspecified atom stereocenters. The Morgan fingerprint density at radius 2 is 2.06 bits per heavy atom. The van der Waals surface area contributed by atoms with E-state index in [1.807, 2.05) is 13.0 Å². The number of nitrogens with zero attached hydrogens (tertiary/aromatic N) is 1. The number of piperazine rings is 1. The zero-order valence-electron chi connectivity index (χ0n) is 10.3. The van der Waals surface area contributed by atoms with Crippen molar-refractivity contribution in [2.75, 3.05) is 32.8 Å². The SMILES string of the molecule is CCOc1cccc(CN2CCNCC2)c1.Cl. The molecule has 4 heteroatoms. The molecule has 0 saturated carbocycles. The molecule has 1 aromatic carbocycles. The largest absolute Gasteiger partial charge is 0.494 e. The number of benzene rings is 1. The average molecular weight is 257 g/mol. The van der Waals surface area contributed by atoms with Gasteiger partial charge in [-0.05, 0) is 24.6 Å². The molecule has 0 spiro atoms. The summed E-state index contributed by atoms with van der Waals surface area (Å²) in [6, 6.07) is 8.41. The van der Waals surface area contributed by atoms with Crippen molar-refractivity contribution in [1.29, 1.82) is 0 Å². The van der Waals surface area contributed by atoms with Gasteiger partial charge in [-0.3, -0.25) is 4.90 Å². The number of ether oxygens (including phenoxy) is 1. The lowest BCUT2D eigenvalue weighted by atomic mass is 10.2. The molecule has 1 fully saturated rings. The fourth-order valence-electron chi connectivity index (χ4n) is 2.03. The van der Waals surface area contributed by atoms with Crippen molar-refractivity contribution in [3.05, 3.63) is 29.8 Å². The summed E-state index contributed by atoms with van der Waals surface area (Å²) >= 11 is 0. The highest BCUT2D eigenvalue weighted by Gasteiger charge is 2.09. The van der Waals surface area contributed by atoms with Crippen molar-refractivity contribution >= 4 is 12.4 Å². The van der Waals surface area contributed by atoms with E-state index in [0.29, 0.717) is 0 Å². The smallest absolute Gasteiger partial charge is 0.119 e. The third-order valence-corrected chi connectivity index (χ3v) is 2.83. The zero-order valence-corrected chi connectivity index (χ0v) is 11.1. The van der Waals surface area contributed by atoms with Crippen LogP contribution in [0.2, 0.25) is 0 Å². The van der Waals surface area contributed by atoms with E-state index >= 15 is 0 Å². The monoisotopic (exact) mass is 256 g/mol. The van der Waals surface area contributed by atoms with Crippen LogP contribution in [0.15, 0.2) is 24.3 Å². The summed E-state index contributed by atoms with van der Waals surface area (Å²) in [6.45, 7) is 8.26. The molecular weight excluding hydrogens is 236 g/mol. The molecule has 0 radical (unpaired) electrons. The first kappa shape index (κ1) is 14.3. The van der Waals surface area contributed by atoms with Crippen molar-refractivity contribution < 1.29 is 4.74 Å². The summed E-state index contributed by atoms with van der Waals surface area (Å²) in [5, 5.41) is 3.37. The molecule has 0 aliphatic carbocycles. The third-order valence-electron chi connectivity index (χ3n) is 2.83. The summed E-state index contributed by atoms with van der Waals surface area (Å²) in [5.41, 5.74) is 1.34. The molecule has 1 aliphatic heterocycles. The van der Waals surface area contributed by atoms with Crippen LogP contribution in [0.25, 0.3) is 0 Å². The molecule has 2 rings (SSSR count). The zero-order chi connectivity index (χ0) is 11.2. The lowest BCUT2D eigenvalue weighted by molar-refractivity contribution is 0.233. The van der Waals surface area contributed by atoms with Crippen LogP contribution in [0.1, 0.15) is 12.5 Å². The van der Waals surface area contributed by atoms with E-state index in [4.69, 9.17) is 4.74 Å². The van der Waals surface area contributed by atoms with Crippen LogP contribution in [-0.4, -0.2) is 37.7 Å². The highest BCUT2D eigenvalue weighted by molar-refractivity contribution is 5.85. The van der Waals surface area contributed by atoms with E-state index < -0.39 is 0 Å². The van der Waals surface area contributed by atoms with E-state index in [9.17, 15) is 0 Å². The number of rotatable bonds is 4. The molecule has 0 aromatic heterocycles. The Kier molecular flexibility index (Phi) is 6.34. The number of hydrogen-bond acceptors (Lipinski definition) is 3. The average Bonchev–Trinajstić information content (AvgIpc) is 2.31. The van der Waals surface area contributed by atoms with Gasteiger partial charge in [-0.15, -0.1) is 12.4 Å². The first-order chi connectivity index (χ1) is 7.88. The molecule has 17 heavy (non-hydrogen) atoms. The molecule has 1 aliphatic rings. The Hall–Kier alpha value is -0.770. The molecule has 1 heterocycles. The van der Waals surface area contributed by atoms with Gasteiger partial charge < -0.3 is 10.1 Å². The second-order valence-electron chi connectivity index (χ2n) is 4.11. The maximum Gasteiger partial charge on any atom is 0.119 e. The number of hydrogen-bond donors (Lipinski definition) is 1. The van der Waals surface area contributed by atoms with Gasteiger partial charge in [-0.25, -0.2) is 0 Å². The van der Waals surface area contributed by atoms with Crippen molar-refractivity contribution in [3.63, 3.8) is 0 Å². The van der Waals surface area contributed by atoms with Crippen LogP contribution in [0.3, 0.4) is 0 Å². The van der Waals surface area contributed by atoms with Crippen molar-refractivity contribution in [2.24, 2.45) is 0 Å². The minimum atomic E-state index is 0. The number of halogens is 1. The minimum Gasteiger partial charge on any atom is -0.494 e. The summed E-state index contributed by atoms with van der Waals surface area (Å²) in [4.78, 5) is 2.47. The van der Waals surface area contributed by atoms with E-state index in [-0.39, 0.29) is 12.4 Å². The van der Waals surface area contributed by atoms with Crippen molar-refractivity contribution in [1.82, 2.24) is 10.2 Å². The van der Waals surface area contributed by atoms with E-state index in [2.05, 4.69) is 28.4 Å². The predicted molar refractivity (Wildman–Crippen MR) is 73.0 cm³/mol. The van der Waals surface area contributed by atoms with Crippen LogP contribution < -0.4 is 10.1 Å². The Bertz CT molecular complexity index is 327. The molecule has 96 valence electrons. The molecule has 1 saturated heterocycles. The lowest BCUT2D eigenvalue weighted by Gasteiger charge is -2.27. The molecule has 0 amide bonds. The van der Waals surface area contributed by atoms with Crippen molar-refractivity contribution in [3.8, 4) is 5.75 Å². The lowest BCUT2D eigenvalue weighted by Crippen LogP contribution is -2.42. The summed E-state index contributed by atoms with van der Waals surface area (Å²) in [7, 11) is 0. The van der Waals surface area contributed by atoms with E-state index in [1.165, 1.54) is 5.56 Å². The maximum absolute atomic E-state index is 5.50. The van der Waals surface area contributed by atoms with Gasteiger partial charge in [0.2, 0.25) is 0 Å². The Morgan fingerprint density at radius 3 is 2.76 bits per heavy atom. The van der Waals surface area contributed by atoms with Gasteiger partial charge in [-0.1, -0.05) is 12.1 Å². The quantitative estimate of drug-likeness (QED) is 0.891. The highest BCUT2D eigenvalue weighted by atomic mass is 35.5. The van der Waals surface area contributed by atoms with Gasteiger partial charge in [0.25, 0.3) is 0 Å². The van der Waals surface area contributed by atoms with Gasteiger partial charge in [0, 0.05) is 32.7 Å². The topological polar surface area (TPSA) is 24.5 Å². The Morgan fingerprint density at radius 1 is 1.29 bits per heavy atom. The maximum atomic E-state index is 5.50. The van der Waals surface area contributed by atoms with Gasteiger partial charge in [0.15, 0.2) is 0 Å². The Balaban J connectivity index is 0.00000144. The summed E-state index contributed by atoms with van der Waals surface area (Å²) < 4.78 is 5.50. The van der Waals surface area contributed by atoms with Crippen LogP contribution in [-0.2, 0) is 6.54 Å². The summed E-state index contributed by atoms with van der Waals surface area (Å²) in [6.07, 6.45) is 0. The molecule has 1 N–H and O–H groups in total.